The van der Waals surface area contributed by atoms with Crippen molar-refractivity contribution in [2.75, 3.05) is 0 Å². The molecule has 0 saturated carbocycles. The van der Waals surface area contributed by atoms with Gasteiger partial charge in [-0.2, -0.15) is 0 Å². The molecule has 4 heteroatoms. The summed E-state index contributed by atoms with van der Waals surface area (Å²) in [6.07, 6.45) is 13.2. The zero-order valence-corrected chi connectivity index (χ0v) is 41.5. The molecular weight excluding hydrogens is 716 g/mol. The second kappa shape index (κ2) is 36.7. The molecule has 0 amide bonds. The zero-order chi connectivity index (χ0) is 43.3. The number of hydrogen-bond donors (Lipinski definition) is 0. The number of benzene rings is 5. The Morgan fingerprint density at radius 2 is 0.550 bits per heavy atom. The fourth-order valence-corrected chi connectivity index (χ4v) is 4.39. The smallest absolute Gasteiger partial charge is 0 e. The maximum atomic E-state index is 2.29. The van der Waals surface area contributed by atoms with Gasteiger partial charge in [0.25, 0.3) is 0 Å². The molecular formula is C56H82B4. The van der Waals surface area contributed by atoms with E-state index in [1.54, 1.807) is 0 Å². The molecule has 318 valence electrons. The third-order valence-electron chi connectivity index (χ3n) is 7.34. The first-order chi connectivity index (χ1) is 26.3. The average Bonchev–Trinajstić information content (AvgIpc) is 3.18. The highest BCUT2D eigenvalue weighted by molar-refractivity contribution is 5.83. The molecule has 0 bridgehead atoms. The molecule has 0 aliphatic rings. The number of fused-ring (bicyclic) bond motifs is 1. The summed E-state index contributed by atoms with van der Waals surface area (Å²) in [5.74, 6) is 0. The monoisotopic (exact) mass is 799 g/mol. The summed E-state index contributed by atoms with van der Waals surface area (Å²) in [5, 5.41) is 2.65. The van der Waals surface area contributed by atoms with E-state index in [-0.39, 0.29) is 55.3 Å². The van der Waals surface area contributed by atoms with Gasteiger partial charge in [-0.1, -0.05) is 295 Å². The van der Waals surface area contributed by atoms with E-state index in [2.05, 4.69) is 235 Å². The lowest BCUT2D eigenvalue weighted by molar-refractivity contribution is 0.547. The largest absolute Gasteiger partial charge is 0.0785 e. The van der Waals surface area contributed by atoms with Gasteiger partial charge in [-0.05, 0) is 54.7 Å². The van der Waals surface area contributed by atoms with Crippen LogP contribution in [0.25, 0.3) is 29.0 Å². The highest BCUT2D eigenvalue weighted by atomic mass is 14.2. The Bertz CT molecular complexity index is 1600. The summed E-state index contributed by atoms with van der Waals surface area (Å²) in [6, 6.07) is 46.4. The molecule has 0 heterocycles. The molecule has 0 unspecified atom stereocenters. The lowest BCUT2D eigenvalue weighted by Gasteiger charge is -2.19. The summed E-state index contributed by atoms with van der Waals surface area (Å²) in [7, 11) is 0. The Kier molecular flexibility index (Phi) is 41.3. The molecule has 0 aliphatic heterocycles. The second-order valence-corrected chi connectivity index (χ2v) is 17.1. The summed E-state index contributed by atoms with van der Waals surface area (Å²) < 4.78 is 0. The van der Waals surface area contributed by atoms with E-state index in [4.69, 9.17) is 0 Å². The van der Waals surface area contributed by atoms with E-state index in [0.717, 1.165) is 0 Å². The van der Waals surface area contributed by atoms with Crippen LogP contribution in [0.15, 0.2) is 152 Å². The van der Waals surface area contributed by atoms with Crippen molar-refractivity contribution < 1.29 is 0 Å². The van der Waals surface area contributed by atoms with Crippen LogP contribution in [0.5, 0.6) is 0 Å². The van der Waals surface area contributed by atoms with E-state index in [1.807, 2.05) is 59.7 Å². The van der Waals surface area contributed by atoms with Crippen LogP contribution in [0.3, 0.4) is 0 Å². The van der Waals surface area contributed by atoms with Gasteiger partial charge in [0.15, 0.2) is 0 Å². The SMILES string of the molecule is CC.CC.CC.CC(C)(C)/C=C/c1ccccc1.CC(C)(C)/C=C/c1ccccc1.CC(C)(C)/C=C/c1ccccc1.CC(C)(C)c1ccc2ccccc2c1.[B].[B].[B].[B]. The van der Waals surface area contributed by atoms with E-state index < -0.39 is 0 Å². The summed E-state index contributed by atoms with van der Waals surface area (Å²) in [4.78, 5) is 0. The maximum absolute atomic E-state index is 2.29. The number of rotatable bonds is 3. The van der Waals surface area contributed by atoms with Crippen molar-refractivity contribution in [3.05, 3.63) is 174 Å². The van der Waals surface area contributed by atoms with Crippen molar-refractivity contribution in [3.63, 3.8) is 0 Å². The van der Waals surface area contributed by atoms with E-state index in [0.29, 0.717) is 0 Å². The van der Waals surface area contributed by atoms with Crippen LogP contribution in [0.2, 0.25) is 0 Å². The Hall–Kier alpha value is -4.16. The highest BCUT2D eigenvalue weighted by Gasteiger charge is 2.13. The molecule has 60 heavy (non-hydrogen) atoms. The van der Waals surface area contributed by atoms with Crippen molar-refractivity contribution in [3.8, 4) is 0 Å². The third kappa shape index (κ3) is 36.9. The molecule has 0 aliphatic carbocycles. The fraction of sp³-hybridized carbons (Fsp3) is 0.393. The number of hydrogen-bond acceptors (Lipinski definition) is 0. The maximum Gasteiger partial charge on any atom is 0 e. The van der Waals surface area contributed by atoms with Gasteiger partial charge in [-0.3, -0.25) is 0 Å². The van der Waals surface area contributed by atoms with Gasteiger partial charge < -0.3 is 0 Å². The van der Waals surface area contributed by atoms with Crippen molar-refractivity contribution in [1.82, 2.24) is 0 Å². The van der Waals surface area contributed by atoms with Gasteiger partial charge in [-0.15, -0.1) is 0 Å². The van der Waals surface area contributed by atoms with Gasteiger partial charge in [-0.25, -0.2) is 0 Å². The summed E-state index contributed by atoms with van der Waals surface area (Å²) in [5.41, 5.74) is 6.27. The number of allylic oxidation sites excluding steroid dienone is 3. The second-order valence-electron chi connectivity index (χ2n) is 17.1. The minimum absolute atomic E-state index is 0. The summed E-state index contributed by atoms with van der Waals surface area (Å²) in [6.45, 7) is 38.5. The Morgan fingerprint density at radius 1 is 0.300 bits per heavy atom. The molecule has 5 aromatic rings. The van der Waals surface area contributed by atoms with Crippen LogP contribution in [-0.2, 0) is 5.41 Å². The van der Waals surface area contributed by atoms with E-state index in [9.17, 15) is 0 Å². The zero-order valence-electron chi connectivity index (χ0n) is 41.5. The molecule has 0 nitrogen and oxygen atoms in total. The lowest BCUT2D eigenvalue weighted by Crippen LogP contribution is -2.10. The molecule has 5 aromatic carbocycles. The molecule has 0 atom stereocenters. The molecule has 0 saturated heterocycles. The normalized spacial score (nSPS) is 10.4. The van der Waals surface area contributed by atoms with Crippen molar-refractivity contribution in [2.45, 2.75) is 130 Å². The Morgan fingerprint density at radius 3 is 0.800 bits per heavy atom. The molecule has 5 rings (SSSR count). The predicted octanol–water partition coefficient (Wildman–Crippen LogP) is 16.9. The van der Waals surface area contributed by atoms with Gasteiger partial charge in [0, 0.05) is 33.7 Å². The van der Waals surface area contributed by atoms with Gasteiger partial charge in [0.1, 0.15) is 0 Å². The van der Waals surface area contributed by atoms with Gasteiger partial charge >= 0.3 is 0 Å². The standard InChI is InChI=1S/C14H16.3C12H16.3C2H6.4B/c1-14(2,3)13-9-8-11-6-4-5-7-12(11)10-13;3*1-12(2,3)10-9-11-7-5-4-6-8-11;3*1-2;;;;/h4-10H,1-3H3;3*4-10H,1-3H3;3*1-2H3;;;;/b;3*10-9+;;;;;;;. The first-order valence-corrected chi connectivity index (χ1v) is 21.0. The van der Waals surface area contributed by atoms with Crippen LogP contribution in [0, 0.1) is 16.2 Å². The molecule has 0 aromatic heterocycles. The van der Waals surface area contributed by atoms with Crippen molar-refractivity contribution in [2.24, 2.45) is 16.2 Å². The highest BCUT2D eigenvalue weighted by Crippen LogP contribution is 2.26. The minimum atomic E-state index is 0. The molecule has 0 N–H and O–H groups in total. The van der Waals surface area contributed by atoms with Crippen LogP contribution < -0.4 is 0 Å². The van der Waals surface area contributed by atoms with Crippen molar-refractivity contribution in [1.29, 1.82) is 0 Å². The summed E-state index contributed by atoms with van der Waals surface area (Å²) >= 11 is 0. The van der Waals surface area contributed by atoms with Crippen molar-refractivity contribution >= 4 is 62.7 Å². The molecule has 0 spiro atoms. The lowest BCUT2D eigenvalue weighted by atomic mass is 9.86. The molecule has 0 fully saturated rings. The fourth-order valence-electron chi connectivity index (χ4n) is 4.39. The van der Waals surface area contributed by atoms with Crippen LogP contribution in [0.4, 0.5) is 0 Å². The Labute approximate surface area is 381 Å². The van der Waals surface area contributed by atoms with Gasteiger partial charge in [0.05, 0.1) is 0 Å². The Balaban J connectivity index is -0.000000152. The van der Waals surface area contributed by atoms with Crippen LogP contribution >= 0.6 is 0 Å². The molecule has 12 radical (unpaired) electrons. The van der Waals surface area contributed by atoms with E-state index in [1.165, 1.54) is 33.0 Å². The third-order valence-corrected chi connectivity index (χ3v) is 7.34. The quantitative estimate of drug-likeness (QED) is 0.160. The first kappa shape index (κ1) is 67.6. The van der Waals surface area contributed by atoms with Gasteiger partial charge in [0.2, 0.25) is 0 Å². The predicted molar refractivity (Wildman–Crippen MR) is 285 cm³/mol. The first-order valence-electron chi connectivity index (χ1n) is 21.0. The van der Waals surface area contributed by atoms with E-state index >= 15 is 0 Å². The van der Waals surface area contributed by atoms with Crippen LogP contribution in [0.1, 0.15) is 147 Å². The minimum Gasteiger partial charge on any atom is -0.0785 e. The van der Waals surface area contributed by atoms with Crippen LogP contribution in [-0.4, -0.2) is 33.7 Å². The average molecular weight is 799 g/mol. The topological polar surface area (TPSA) is 0 Å².